The van der Waals surface area contributed by atoms with Crippen LogP contribution in [0.3, 0.4) is 0 Å². The van der Waals surface area contributed by atoms with Gasteiger partial charge in [-0.05, 0) is 26.0 Å². The van der Waals surface area contributed by atoms with Crippen molar-refractivity contribution in [1.29, 1.82) is 0 Å². The molecule has 16 heavy (non-hydrogen) atoms. The maximum atomic E-state index is 12.6. The van der Waals surface area contributed by atoms with Gasteiger partial charge in [0, 0.05) is 10.6 Å². The maximum Gasteiger partial charge on any atom is 0.128 e. The Hall–Kier alpha value is -0.250. The number of benzene rings is 1. The molecule has 2 atom stereocenters. The molecule has 0 heterocycles. The molecule has 0 amide bonds. The fraction of sp³-hybridized carbons (Fsp3) is 0.500. The monoisotopic (exact) mass is 262 g/mol. The molecule has 1 nitrogen and oxygen atoms in total. The molecule has 1 aromatic rings. The molecule has 1 rings (SSSR count). The number of halogens is 2. The van der Waals surface area contributed by atoms with Crippen molar-refractivity contribution in [3.05, 3.63) is 29.8 Å². The van der Waals surface area contributed by atoms with Crippen molar-refractivity contribution in [1.82, 2.24) is 0 Å². The van der Waals surface area contributed by atoms with Crippen LogP contribution in [0.4, 0.5) is 4.39 Å². The molecule has 0 saturated heterocycles. The van der Waals surface area contributed by atoms with Gasteiger partial charge in [-0.3, -0.25) is 0 Å². The predicted octanol–water partition coefficient (Wildman–Crippen LogP) is 4.03. The highest BCUT2D eigenvalue weighted by Crippen LogP contribution is 2.21. The van der Waals surface area contributed by atoms with Crippen LogP contribution in [-0.2, 0) is 4.74 Å². The van der Waals surface area contributed by atoms with E-state index in [9.17, 15) is 4.39 Å². The Morgan fingerprint density at radius 1 is 1.38 bits per heavy atom. The molecule has 90 valence electrons. The van der Waals surface area contributed by atoms with Crippen molar-refractivity contribution in [3.8, 4) is 0 Å². The summed E-state index contributed by atoms with van der Waals surface area (Å²) in [4.78, 5) is 1.12. The zero-order chi connectivity index (χ0) is 12.0. The van der Waals surface area contributed by atoms with Crippen LogP contribution in [0.5, 0.6) is 0 Å². The van der Waals surface area contributed by atoms with Crippen LogP contribution in [0.15, 0.2) is 29.2 Å². The third kappa shape index (κ3) is 5.19. The highest BCUT2D eigenvalue weighted by Gasteiger charge is 2.12. The lowest BCUT2D eigenvalue weighted by molar-refractivity contribution is 0.0391. The van der Waals surface area contributed by atoms with Crippen molar-refractivity contribution in [3.63, 3.8) is 0 Å². The van der Waals surface area contributed by atoms with E-state index < -0.39 is 18.3 Å². The van der Waals surface area contributed by atoms with Gasteiger partial charge in [-0.1, -0.05) is 29.3 Å². The van der Waals surface area contributed by atoms with Crippen molar-refractivity contribution in [2.24, 2.45) is 0 Å². The Morgan fingerprint density at radius 3 is 2.50 bits per heavy atom. The Kier molecular flexibility index (Phi) is 6.17. The van der Waals surface area contributed by atoms with Crippen molar-refractivity contribution >= 4 is 23.4 Å². The number of alkyl halides is 2. The summed E-state index contributed by atoms with van der Waals surface area (Å²) in [7, 11) is 0. The van der Waals surface area contributed by atoms with Gasteiger partial charge in [0.1, 0.15) is 12.2 Å². The van der Waals surface area contributed by atoms with Crippen LogP contribution in [-0.4, -0.2) is 24.1 Å². The number of hydrogen-bond donors (Lipinski definition) is 0. The van der Waals surface area contributed by atoms with Crippen LogP contribution in [0, 0.1) is 6.92 Å². The molecule has 0 fully saturated rings. The minimum absolute atomic E-state index is 0.432. The van der Waals surface area contributed by atoms with E-state index in [1.807, 2.05) is 31.2 Å². The van der Waals surface area contributed by atoms with Crippen LogP contribution < -0.4 is 0 Å². The summed E-state index contributed by atoms with van der Waals surface area (Å²) in [6, 6.07) is 8.13. The lowest BCUT2D eigenvalue weighted by Gasteiger charge is -2.15. The van der Waals surface area contributed by atoms with E-state index >= 15 is 0 Å². The normalized spacial score (nSPS) is 14.8. The second-order valence-corrected chi connectivity index (χ2v) is 5.29. The van der Waals surface area contributed by atoms with Crippen LogP contribution in [0.2, 0.25) is 0 Å². The third-order valence-electron chi connectivity index (χ3n) is 2.01. The molecule has 0 radical (unpaired) electrons. The molecule has 0 aromatic heterocycles. The fourth-order valence-electron chi connectivity index (χ4n) is 1.21. The van der Waals surface area contributed by atoms with Crippen LogP contribution in [0.25, 0.3) is 0 Å². The molecule has 4 heteroatoms. The van der Waals surface area contributed by atoms with E-state index in [0.717, 1.165) is 4.90 Å². The minimum atomic E-state index is -0.504. The molecule has 0 aliphatic carbocycles. The lowest BCUT2D eigenvalue weighted by Crippen LogP contribution is -2.21. The SMILES string of the molecule is Cc1ccc(SC[C@H](CF)OC(C)Cl)cc1. The number of thioether (sulfide) groups is 1. The summed E-state index contributed by atoms with van der Waals surface area (Å²) in [5, 5.41) is 0. The van der Waals surface area contributed by atoms with Gasteiger partial charge in [0.2, 0.25) is 0 Å². The topological polar surface area (TPSA) is 9.23 Å². The van der Waals surface area contributed by atoms with Crippen LogP contribution in [0.1, 0.15) is 12.5 Å². The maximum absolute atomic E-state index is 12.6. The first kappa shape index (κ1) is 13.8. The van der Waals surface area contributed by atoms with Gasteiger partial charge in [-0.25, -0.2) is 4.39 Å². The second-order valence-electron chi connectivity index (χ2n) is 3.58. The summed E-state index contributed by atoms with van der Waals surface area (Å²) in [5.41, 5.74) is 0.774. The molecule has 0 N–H and O–H groups in total. The van der Waals surface area contributed by atoms with Crippen molar-refractivity contribution in [2.45, 2.75) is 30.4 Å². The molecule has 1 unspecified atom stereocenters. The number of rotatable bonds is 6. The van der Waals surface area contributed by atoms with Crippen molar-refractivity contribution < 1.29 is 9.13 Å². The smallest absolute Gasteiger partial charge is 0.128 e. The van der Waals surface area contributed by atoms with Gasteiger partial charge in [0.05, 0.1) is 6.10 Å². The Balaban J connectivity index is 2.40. The summed E-state index contributed by atoms with van der Waals surface area (Å²) < 4.78 is 17.8. The molecule has 0 spiro atoms. The first-order valence-corrected chi connectivity index (χ1v) is 6.59. The zero-order valence-corrected chi connectivity index (χ0v) is 11.0. The highest BCUT2D eigenvalue weighted by atomic mass is 35.5. The number of hydrogen-bond acceptors (Lipinski definition) is 2. The fourth-order valence-corrected chi connectivity index (χ4v) is 2.23. The Labute approximate surface area is 105 Å². The number of ether oxygens (including phenoxy) is 1. The first-order chi connectivity index (χ1) is 7.61. The van der Waals surface area contributed by atoms with E-state index in [1.54, 1.807) is 18.7 Å². The second kappa shape index (κ2) is 7.15. The van der Waals surface area contributed by atoms with Gasteiger partial charge in [0.25, 0.3) is 0 Å². The minimum Gasteiger partial charge on any atom is -0.356 e. The molecule has 0 saturated carbocycles. The van der Waals surface area contributed by atoms with E-state index in [4.69, 9.17) is 16.3 Å². The molecular weight excluding hydrogens is 247 g/mol. The van der Waals surface area contributed by atoms with E-state index in [1.165, 1.54) is 5.56 Å². The van der Waals surface area contributed by atoms with E-state index in [2.05, 4.69) is 0 Å². The average Bonchev–Trinajstić information content (AvgIpc) is 2.26. The molecular formula is C12H16ClFOS. The van der Waals surface area contributed by atoms with E-state index in [0.29, 0.717) is 5.75 Å². The predicted molar refractivity (Wildman–Crippen MR) is 68.1 cm³/mol. The van der Waals surface area contributed by atoms with Gasteiger partial charge in [-0.15, -0.1) is 11.8 Å². The van der Waals surface area contributed by atoms with Gasteiger partial charge in [0.15, 0.2) is 0 Å². The van der Waals surface area contributed by atoms with Gasteiger partial charge >= 0.3 is 0 Å². The van der Waals surface area contributed by atoms with Gasteiger partial charge in [-0.2, -0.15) is 0 Å². The van der Waals surface area contributed by atoms with Crippen LogP contribution >= 0.6 is 23.4 Å². The summed E-state index contributed by atoms with van der Waals surface area (Å²) >= 11 is 7.24. The van der Waals surface area contributed by atoms with E-state index in [-0.39, 0.29) is 0 Å². The number of aryl methyl sites for hydroxylation is 1. The molecule has 1 aromatic carbocycles. The molecule has 0 aliphatic heterocycles. The quantitative estimate of drug-likeness (QED) is 0.566. The Bertz CT molecular complexity index is 302. The standard InChI is InChI=1S/C12H16ClFOS/c1-9-3-5-12(6-4-9)16-8-11(7-14)15-10(2)13/h3-6,10-11H,7-8H2,1-2H3/t10?,11-/m0/s1. The van der Waals surface area contributed by atoms with Gasteiger partial charge < -0.3 is 4.74 Å². The summed E-state index contributed by atoms with van der Waals surface area (Å²) in [5.74, 6) is 0.580. The largest absolute Gasteiger partial charge is 0.356 e. The Morgan fingerprint density at radius 2 is 2.00 bits per heavy atom. The summed E-state index contributed by atoms with van der Waals surface area (Å²) in [6.07, 6.45) is -0.432. The third-order valence-corrected chi connectivity index (χ3v) is 3.26. The summed E-state index contributed by atoms with van der Waals surface area (Å²) in [6.45, 7) is 3.23. The first-order valence-electron chi connectivity index (χ1n) is 5.16. The lowest BCUT2D eigenvalue weighted by atomic mass is 10.2. The zero-order valence-electron chi connectivity index (χ0n) is 9.45. The molecule has 0 bridgehead atoms. The molecule has 0 aliphatic rings. The average molecular weight is 263 g/mol. The highest BCUT2D eigenvalue weighted by molar-refractivity contribution is 7.99. The van der Waals surface area contributed by atoms with Crippen molar-refractivity contribution in [2.75, 3.05) is 12.4 Å².